The molecule has 0 radical (unpaired) electrons. The third-order valence-corrected chi connectivity index (χ3v) is 3.26. The molecule has 1 fully saturated rings. The second-order valence-corrected chi connectivity index (χ2v) is 4.56. The number of aromatic nitrogens is 4. The van der Waals surface area contributed by atoms with E-state index in [-0.39, 0.29) is 12.3 Å². The zero-order valence-electron chi connectivity index (χ0n) is 10.9. The fourth-order valence-corrected chi connectivity index (χ4v) is 2.20. The maximum Gasteiger partial charge on any atom is 0.306 e. The summed E-state index contributed by atoms with van der Waals surface area (Å²) in [7, 11) is 1.49. The number of hydrogen-bond donors (Lipinski definition) is 1. The summed E-state index contributed by atoms with van der Waals surface area (Å²) in [4.78, 5) is 10.7. The average Bonchev–Trinajstić information content (AvgIpc) is 2.86. The van der Waals surface area contributed by atoms with Gasteiger partial charge in [0.2, 0.25) is 0 Å². The SMILES string of the molecule is COC(CC(=O)O)Cn1nnnc1C1CCOCC1. The van der Waals surface area contributed by atoms with Gasteiger partial charge < -0.3 is 14.6 Å². The van der Waals surface area contributed by atoms with Crippen LogP contribution in [0.1, 0.15) is 31.0 Å². The van der Waals surface area contributed by atoms with Crippen LogP contribution in [0.15, 0.2) is 0 Å². The molecular weight excluding hydrogens is 252 g/mol. The number of ether oxygens (including phenoxy) is 2. The molecule has 1 saturated heterocycles. The fraction of sp³-hybridized carbons (Fsp3) is 0.818. The van der Waals surface area contributed by atoms with E-state index in [1.54, 1.807) is 4.68 Å². The maximum absolute atomic E-state index is 10.7. The van der Waals surface area contributed by atoms with Crippen LogP contribution >= 0.6 is 0 Å². The molecule has 2 rings (SSSR count). The Bertz CT molecular complexity index is 417. The first-order valence-electron chi connectivity index (χ1n) is 6.29. The summed E-state index contributed by atoms with van der Waals surface area (Å²) in [6.45, 7) is 1.77. The highest BCUT2D eigenvalue weighted by atomic mass is 16.5. The monoisotopic (exact) mass is 270 g/mol. The second kappa shape index (κ2) is 6.58. The number of carboxylic acids is 1. The van der Waals surface area contributed by atoms with Crippen molar-refractivity contribution in [3.63, 3.8) is 0 Å². The van der Waals surface area contributed by atoms with Gasteiger partial charge in [-0.15, -0.1) is 5.10 Å². The number of nitrogens with zero attached hydrogens (tertiary/aromatic N) is 4. The van der Waals surface area contributed by atoms with E-state index in [2.05, 4.69) is 15.5 Å². The van der Waals surface area contributed by atoms with Crippen LogP contribution in [-0.2, 0) is 20.8 Å². The van der Waals surface area contributed by atoms with Crippen molar-refractivity contribution in [1.82, 2.24) is 20.2 Å². The predicted molar refractivity (Wildman–Crippen MR) is 63.7 cm³/mol. The molecule has 106 valence electrons. The summed E-state index contributed by atoms with van der Waals surface area (Å²) in [5.74, 6) is 0.161. The van der Waals surface area contributed by atoms with Crippen molar-refractivity contribution in [3.8, 4) is 0 Å². The van der Waals surface area contributed by atoms with E-state index >= 15 is 0 Å². The molecule has 2 heterocycles. The highest BCUT2D eigenvalue weighted by molar-refractivity contribution is 5.67. The molecule has 1 N–H and O–H groups in total. The van der Waals surface area contributed by atoms with Crippen LogP contribution in [0.2, 0.25) is 0 Å². The second-order valence-electron chi connectivity index (χ2n) is 4.56. The van der Waals surface area contributed by atoms with E-state index in [0.29, 0.717) is 19.8 Å². The predicted octanol–water partition coefficient (Wildman–Crippen LogP) is 0.0568. The zero-order chi connectivity index (χ0) is 13.7. The molecule has 0 bridgehead atoms. The lowest BCUT2D eigenvalue weighted by Gasteiger charge is -2.22. The van der Waals surface area contributed by atoms with Crippen molar-refractivity contribution >= 4 is 5.97 Å². The third-order valence-electron chi connectivity index (χ3n) is 3.26. The van der Waals surface area contributed by atoms with Gasteiger partial charge in [0.15, 0.2) is 5.82 Å². The normalized spacial score (nSPS) is 18.4. The molecule has 1 aliphatic rings. The molecule has 19 heavy (non-hydrogen) atoms. The molecular formula is C11H18N4O4. The first-order chi connectivity index (χ1) is 9.20. The largest absolute Gasteiger partial charge is 0.481 e. The van der Waals surface area contributed by atoms with Crippen LogP contribution in [0.25, 0.3) is 0 Å². The van der Waals surface area contributed by atoms with Crippen LogP contribution in [-0.4, -0.2) is 57.7 Å². The maximum atomic E-state index is 10.7. The van der Waals surface area contributed by atoms with E-state index in [1.807, 2.05) is 0 Å². The number of tetrazole rings is 1. The van der Waals surface area contributed by atoms with Crippen LogP contribution in [0, 0.1) is 0 Å². The number of carboxylic acid groups (broad SMARTS) is 1. The van der Waals surface area contributed by atoms with E-state index < -0.39 is 12.1 Å². The van der Waals surface area contributed by atoms with Crippen molar-refractivity contribution in [2.75, 3.05) is 20.3 Å². The Labute approximate surface area is 110 Å². The number of aliphatic carboxylic acids is 1. The Hall–Kier alpha value is -1.54. The summed E-state index contributed by atoms with van der Waals surface area (Å²) in [6.07, 6.45) is 1.27. The Morgan fingerprint density at radius 3 is 2.95 bits per heavy atom. The summed E-state index contributed by atoms with van der Waals surface area (Å²) < 4.78 is 12.1. The summed E-state index contributed by atoms with van der Waals surface area (Å²) >= 11 is 0. The zero-order valence-corrected chi connectivity index (χ0v) is 10.9. The number of methoxy groups -OCH3 is 1. The van der Waals surface area contributed by atoms with E-state index in [9.17, 15) is 4.79 Å². The number of hydrogen-bond acceptors (Lipinski definition) is 6. The van der Waals surface area contributed by atoms with Crippen molar-refractivity contribution < 1.29 is 19.4 Å². The molecule has 0 saturated carbocycles. The van der Waals surface area contributed by atoms with Crippen molar-refractivity contribution in [2.45, 2.75) is 37.8 Å². The lowest BCUT2D eigenvalue weighted by Crippen LogP contribution is -2.26. The van der Waals surface area contributed by atoms with E-state index in [0.717, 1.165) is 18.7 Å². The lowest BCUT2D eigenvalue weighted by atomic mass is 9.99. The van der Waals surface area contributed by atoms with Gasteiger partial charge in [-0.05, 0) is 23.3 Å². The topological polar surface area (TPSA) is 99.4 Å². The minimum Gasteiger partial charge on any atom is -0.481 e. The van der Waals surface area contributed by atoms with Gasteiger partial charge in [0, 0.05) is 26.2 Å². The molecule has 1 atom stereocenters. The van der Waals surface area contributed by atoms with Gasteiger partial charge in [0.1, 0.15) is 0 Å². The minimum atomic E-state index is -0.896. The van der Waals surface area contributed by atoms with Crippen LogP contribution < -0.4 is 0 Å². The number of carbonyl (C=O) groups is 1. The lowest BCUT2D eigenvalue weighted by molar-refractivity contribution is -0.140. The first-order valence-corrected chi connectivity index (χ1v) is 6.29. The molecule has 1 aliphatic heterocycles. The van der Waals surface area contributed by atoms with Gasteiger partial charge in [-0.25, -0.2) is 4.68 Å². The first kappa shape index (κ1) is 13.9. The van der Waals surface area contributed by atoms with Gasteiger partial charge in [0.25, 0.3) is 0 Å². The standard InChI is InChI=1S/C11H18N4O4/c1-18-9(6-10(16)17)7-15-11(12-13-14-15)8-2-4-19-5-3-8/h8-9H,2-7H2,1H3,(H,16,17). The van der Waals surface area contributed by atoms with Gasteiger partial charge >= 0.3 is 5.97 Å². The van der Waals surface area contributed by atoms with Gasteiger partial charge in [0.05, 0.1) is 19.1 Å². The van der Waals surface area contributed by atoms with Crippen molar-refractivity contribution in [3.05, 3.63) is 5.82 Å². The van der Waals surface area contributed by atoms with E-state index in [1.165, 1.54) is 7.11 Å². The molecule has 1 unspecified atom stereocenters. The molecule has 0 aliphatic carbocycles. The fourth-order valence-electron chi connectivity index (χ4n) is 2.20. The quantitative estimate of drug-likeness (QED) is 0.780. The van der Waals surface area contributed by atoms with Crippen LogP contribution in [0.4, 0.5) is 0 Å². The summed E-state index contributed by atoms with van der Waals surface area (Å²) in [6, 6.07) is 0. The molecule has 8 nitrogen and oxygen atoms in total. The molecule has 0 aromatic carbocycles. The van der Waals surface area contributed by atoms with Crippen molar-refractivity contribution in [2.24, 2.45) is 0 Å². The van der Waals surface area contributed by atoms with Crippen LogP contribution in [0.3, 0.4) is 0 Å². The number of rotatable bonds is 6. The van der Waals surface area contributed by atoms with Gasteiger partial charge in [-0.1, -0.05) is 0 Å². The molecule has 0 spiro atoms. The van der Waals surface area contributed by atoms with Crippen molar-refractivity contribution in [1.29, 1.82) is 0 Å². The molecule has 1 aromatic rings. The average molecular weight is 270 g/mol. The highest BCUT2D eigenvalue weighted by Gasteiger charge is 2.24. The summed E-state index contributed by atoms with van der Waals surface area (Å²) in [5, 5.41) is 20.5. The molecule has 8 heteroatoms. The molecule has 1 aromatic heterocycles. The van der Waals surface area contributed by atoms with Gasteiger partial charge in [-0.2, -0.15) is 0 Å². The Balaban J connectivity index is 2.03. The summed E-state index contributed by atoms with van der Waals surface area (Å²) in [5.41, 5.74) is 0. The Morgan fingerprint density at radius 1 is 1.58 bits per heavy atom. The van der Waals surface area contributed by atoms with Crippen LogP contribution in [0.5, 0.6) is 0 Å². The Morgan fingerprint density at radius 2 is 2.32 bits per heavy atom. The smallest absolute Gasteiger partial charge is 0.306 e. The Kier molecular flexibility index (Phi) is 4.80. The molecule has 0 amide bonds. The van der Waals surface area contributed by atoms with Gasteiger partial charge in [-0.3, -0.25) is 4.79 Å². The van der Waals surface area contributed by atoms with E-state index in [4.69, 9.17) is 14.6 Å². The third kappa shape index (κ3) is 3.71. The minimum absolute atomic E-state index is 0.0659. The highest BCUT2D eigenvalue weighted by Crippen LogP contribution is 2.24.